The molecule has 25 heavy (non-hydrogen) atoms. The molecule has 0 radical (unpaired) electrons. The van der Waals surface area contributed by atoms with Crippen LogP contribution in [0.2, 0.25) is 0 Å². The molecule has 1 saturated carbocycles. The van der Waals surface area contributed by atoms with Crippen molar-refractivity contribution in [3.05, 3.63) is 23.8 Å². The zero-order valence-electron chi connectivity index (χ0n) is 14.6. The van der Waals surface area contributed by atoms with E-state index in [9.17, 15) is 13.6 Å². The Morgan fingerprint density at radius 2 is 2.08 bits per heavy atom. The van der Waals surface area contributed by atoms with E-state index in [1.807, 2.05) is 0 Å². The Kier molecular flexibility index (Phi) is 5.13. The van der Waals surface area contributed by atoms with Gasteiger partial charge in [0.15, 0.2) is 11.5 Å². The fourth-order valence-corrected chi connectivity index (χ4v) is 3.80. The van der Waals surface area contributed by atoms with E-state index in [1.165, 1.54) is 13.2 Å². The zero-order chi connectivity index (χ0) is 18.0. The third kappa shape index (κ3) is 3.86. The number of alkyl halides is 2. The summed E-state index contributed by atoms with van der Waals surface area (Å²) >= 11 is 0. The van der Waals surface area contributed by atoms with Crippen molar-refractivity contribution in [3.63, 3.8) is 0 Å². The van der Waals surface area contributed by atoms with Crippen LogP contribution in [0.3, 0.4) is 0 Å². The Labute approximate surface area is 146 Å². The van der Waals surface area contributed by atoms with E-state index in [-0.39, 0.29) is 28.7 Å². The molecular formula is C18H24F2N2O3. The first-order chi connectivity index (χ1) is 11.9. The lowest BCUT2D eigenvalue weighted by atomic mass is 9.91. The van der Waals surface area contributed by atoms with Crippen LogP contribution in [0, 0.1) is 11.3 Å². The molecule has 1 aromatic rings. The van der Waals surface area contributed by atoms with Gasteiger partial charge in [-0.15, -0.1) is 0 Å². The highest BCUT2D eigenvalue weighted by Gasteiger charge is 2.58. The van der Waals surface area contributed by atoms with Gasteiger partial charge in [0, 0.05) is 19.5 Å². The molecule has 1 N–H and O–H groups in total. The standard InChI is InChI=1S/C18H24F2N2O3/c1-22(16(23)13-10-18(13)5-7-21-8-6-18)11-12-3-4-14(24-2)15(9-12)25-17(19)20/h3-4,9,13,17,21H,5-8,10-11H2,1-2H3. The molecule has 5 nitrogen and oxygen atoms in total. The molecule has 2 fully saturated rings. The predicted molar refractivity (Wildman–Crippen MR) is 88.7 cm³/mol. The number of rotatable bonds is 6. The van der Waals surface area contributed by atoms with Crippen LogP contribution in [0.1, 0.15) is 24.8 Å². The van der Waals surface area contributed by atoms with E-state index in [2.05, 4.69) is 10.1 Å². The van der Waals surface area contributed by atoms with Crippen molar-refractivity contribution in [2.75, 3.05) is 27.2 Å². The van der Waals surface area contributed by atoms with Gasteiger partial charge in [0.05, 0.1) is 7.11 Å². The summed E-state index contributed by atoms with van der Waals surface area (Å²) < 4.78 is 34.6. The van der Waals surface area contributed by atoms with Crippen molar-refractivity contribution in [2.45, 2.75) is 32.4 Å². The second-order valence-corrected chi connectivity index (χ2v) is 6.93. The van der Waals surface area contributed by atoms with Crippen LogP contribution < -0.4 is 14.8 Å². The Morgan fingerprint density at radius 3 is 2.72 bits per heavy atom. The molecule has 1 heterocycles. The van der Waals surface area contributed by atoms with Gasteiger partial charge in [-0.1, -0.05) is 6.07 Å². The molecule has 1 aliphatic carbocycles. The maximum absolute atomic E-state index is 12.7. The van der Waals surface area contributed by atoms with Crippen molar-refractivity contribution in [1.29, 1.82) is 0 Å². The van der Waals surface area contributed by atoms with E-state index in [4.69, 9.17) is 4.74 Å². The van der Waals surface area contributed by atoms with E-state index in [0.29, 0.717) is 6.54 Å². The molecule has 138 valence electrons. The number of nitrogens with zero attached hydrogens (tertiary/aromatic N) is 1. The van der Waals surface area contributed by atoms with Gasteiger partial charge in [-0.3, -0.25) is 4.79 Å². The second kappa shape index (κ2) is 7.15. The van der Waals surface area contributed by atoms with E-state index >= 15 is 0 Å². The van der Waals surface area contributed by atoms with Crippen LogP contribution in [0.4, 0.5) is 8.78 Å². The molecule has 2 aliphatic rings. The first kappa shape index (κ1) is 17.9. The van der Waals surface area contributed by atoms with Crippen LogP contribution in [0.5, 0.6) is 11.5 Å². The number of halogens is 2. The number of hydrogen-bond donors (Lipinski definition) is 1. The smallest absolute Gasteiger partial charge is 0.387 e. The molecule has 1 unspecified atom stereocenters. The summed E-state index contributed by atoms with van der Waals surface area (Å²) in [6.07, 6.45) is 3.05. The number of benzene rings is 1. The maximum atomic E-state index is 12.7. The number of methoxy groups -OCH3 is 1. The normalized spacial score (nSPS) is 21.2. The fraction of sp³-hybridized carbons (Fsp3) is 0.611. The SMILES string of the molecule is COc1ccc(CN(C)C(=O)C2CC23CCNCC3)cc1OC(F)F. The summed E-state index contributed by atoms with van der Waals surface area (Å²) in [6, 6.07) is 4.84. The number of piperidine rings is 1. The quantitative estimate of drug-likeness (QED) is 0.853. The van der Waals surface area contributed by atoms with Crippen LogP contribution in [-0.2, 0) is 11.3 Å². The van der Waals surface area contributed by atoms with Gasteiger partial charge >= 0.3 is 6.61 Å². The molecule has 1 aromatic carbocycles. The van der Waals surface area contributed by atoms with Crippen LogP contribution in [0.25, 0.3) is 0 Å². The first-order valence-electron chi connectivity index (χ1n) is 8.52. The Balaban J connectivity index is 1.64. The lowest BCUT2D eigenvalue weighted by Crippen LogP contribution is -2.34. The molecule has 0 bridgehead atoms. The average Bonchev–Trinajstić information content (AvgIpc) is 3.27. The number of carbonyl (C=O) groups is 1. The van der Waals surface area contributed by atoms with Gasteiger partial charge < -0.3 is 19.7 Å². The van der Waals surface area contributed by atoms with Gasteiger partial charge in [-0.05, 0) is 55.5 Å². The van der Waals surface area contributed by atoms with Gasteiger partial charge in [-0.25, -0.2) is 0 Å². The molecule has 1 amide bonds. The first-order valence-corrected chi connectivity index (χ1v) is 8.52. The molecule has 1 aliphatic heterocycles. The highest BCUT2D eigenvalue weighted by Crippen LogP contribution is 2.59. The molecule has 1 spiro atoms. The highest BCUT2D eigenvalue weighted by molar-refractivity contribution is 5.82. The van der Waals surface area contributed by atoms with E-state index in [1.54, 1.807) is 24.1 Å². The van der Waals surface area contributed by atoms with Gasteiger partial charge in [0.1, 0.15) is 0 Å². The van der Waals surface area contributed by atoms with Crippen LogP contribution in [-0.4, -0.2) is 44.7 Å². The van der Waals surface area contributed by atoms with Crippen molar-refractivity contribution in [1.82, 2.24) is 10.2 Å². The van der Waals surface area contributed by atoms with Gasteiger partial charge in [0.2, 0.25) is 5.91 Å². The minimum Gasteiger partial charge on any atom is -0.493 e. The minimum atomic E-state index is -2.92. The molecule has 1 saturated heterocycles. The van der Waals surface area contributed by atoms with E-state index < -0.39 is 6.61 Å². The topological polar surface area (TPSA) is 50.8 Å². The van der Waals surface area contributed by atoms with Crippen LogP contribution >= 0.6 is 0 Å². The monoisotopic (exact) mass is 354 g/mol. The summed E-state index contributed by atoms with van der Waals surface area (Å²) in [6.45, 7) is -0.622. The number of amides is 1. The number of ether oxygens (including phenoxy) is 2. The largest absolute Gasteiger partial charge is 0.493 e. The van der Waals surface area contributed by atoms with Crippen molar-refractivity contribution in [3.8, 4) is 11.5 Å². The van der Waals surface area contributed by atoms with Crippen molar-refractivity contribution < 1.29 is 23.0 Å². The number of carbonyl (C=O) groups excluding carboxylic acids is 1. The average molecular weight is 354 g/mol. The number of hydrogen-bond acceptors (Lipinski definition) is 4. The summed E-state index contributed by atoms with van der Waals surface area (Å²) in [5.74, 6) is 0.453. The van der Waals surface area contributed by atoms with Gasteiger partial charge in [-0.2, -0.15) is 8.78 Å². The summed E-state index contributed by atoms with van der Waals surface area (Å²) in [7, 11) is 3.15. The molecule has 1 atom stereocenters. The minimum absolute atomic E-state index is 0.0166. The highest BCUT2D eigenvalue weighted by atomic mass is 19.3. The Hall–Kier alpha value is -1.89. The third-order valence-electron chi connectivity index (χ3n) is 5.33. The molecule has 7 heteroatoms. The second-order valence-electron chi connectivity index (χ2n) is 6.93. The molecule has 3 rings (SSSR count). The zero-order valence-corrected chi connectivity index (χ0v) is 14.6. The van der Waals surface area contributed by atoms with E-state index in [0.717, 1.165) is 37.9 Å². The third-order valence-corrected chi connectivity index (χ3v) is 5.33. The lowest BCUT2D eigenvalue weighted by Gasteiger charge is -2.25. The van der Waals surface area contributed by atoms with Crippen LogP contribution in [0.15, 0.2) is 18.2 Å². The molecule has 0 aromatic heterocycles. The van der Waals surface area contributed by atoms with Gasteiger partial charge in [0.25, 0.3) is 0 Å². The van der Waals surface area contributed by atoms with Crippen molar-refractivity contribution >= 4 is 5.91 Å². The fourth-order valence-electron chi connectivity index (χ4n) is 3.80. The Bertz CT molecular complexity index is 633. The Morgan fingerprint density at radius 1 is 1.36 bits per heavy atom. The van der Waals surface area contributed by atoms with Crippen molar-refractivity contribution in [2.24, 2.45) is 11.3 Å². The molecular weight excluding hydrogens is 330 g/mol. The summed E-state index contributed by atoms with van der Waals surface area (Å²) in [5, 5.41) is 3.33. The lowest BCUT2D eigenvalue weighted by molar-refractivity contribution is -0.132. The number of nitrogens with one attached hydrogen (secondary N) is 1. The summed E-state index contributed by atoms with van der Waals surface area (Å²) in [5.41, 5.74) is 0.910. The maximum Gasteiger partial charge on any atom is 0.387 e. The summed E-state index contributed by atoms with van der Waals surface area (Å²) in [4.78, 5) is 14.4. The predicted octanol–water partition coefficient (Wildman–Crippen LogP) is 2.64.